The van der Waals surface area contributed by atoms with Crippen LogP contribution in [0.15, 0.2) is 41.6 Å². The standard InChI is InChI=1S/C18H18N2O6/c1-2-24-17-5-3-13(4-6-17)9-19-26-11-15-8-16(20(21)22)7-14-10-23-12-25-18(14)15/h3-9H,2,10-12H2,1H3/b19-9-. The van der Waals surface area contributed by atoms with Gasteiger partial charge in [-0.25, -0.2) is 0 Å². The number of oxime groups is 1. The number of non-ortho nitro benzene ring substituents is 1. The highest BCUT2D eigenvalue weighted by atomic mass is 16.7. The van der Waals surface area contributed by atoms with Crippen molar-refractivity contribution in [3.63, 3.8) is 0 Å². The van der Waals surface area contributed by atoms with Crippen LogP contribution in [0.3, 0.4) is 0 Å². The predicted octanol–water partition coefficient (Wildman–Crippen LogP) is 3.41. The van der Waals surface area contributed by atoms with E-state index in [1.807, 2.05) is 31.2 Å². The van der Waals surface area contributed by atoms with Crippen LogP contribution in [0.2, 0.25) is 0 Å². The summed E-state index contributed by atoms with van der Waals surface area (Å²) in [5, 5.41) is 15.0. The summed E-state index contributed by atoms with van der Waals surface area (Å²) in [6.07, 6.45) is 1.56. The highest BCUT2D eigenvalue weighted by molar-refractivity contribution is 5.79. The summed E-state index contributed by atoms with van der Waals surface area (Å²) in [4.78, 5) is 15.9. The first-order chi connectivity index (χ1) is 12.7. The second-order valence-electron chi connectivity index (χ2n) is 5.47. The van der Waals surface area contributed by atoms with Gasteiger partial charge in [0.05, 0.1) is 24.4 Å². The van der Waals surface area contributed by atoms with Gasteiger partial charge in [0.1, 0.15) is 18.1 Å². The summed E-state index contributed by atoms with van der Waals surface area (Å²) in [5.74, 6) is 1.34. The number of ether oxygens (including phenoxy) is 3. The number of nitro benzene ring substituents is 1. The lowest BCUT2D eigenvalue weighted by molar-refractivity contribution is -0.385. The van der Waals surface area contributed by atoms with Crippen LogP contribution in [0, 0.1) is 10.1 Å². The molecule has 0 N–H and O–H groups in total. The highest BCUT2D eigenvalue weighted by Crippen LogP contribution is 2.33. The molecule has 0 aromatic heterocycles. The smallest absolute Gasteiger partial charge is 0.270 e. The lowest BCUT2D eigenvalue weighted by atomic mass is 10.1. The molecule has 3 rings (SSSR count). The maximum Gasteiger partial charge on any atom is 0.270 e. The van der Waals surface area contributed by atoms with E-state index in [-0.39, 0.29) is 25.7 Å². The number of fused-ring (bicyclic) bond motifs is 1. The van der Waals surface area contributed by atoms with Gasteiger partial charge >= 0.3 is 0 Å². The van der Waals surface area contributed by atoms with E-state index in [0.29, 0.717) is 23.5 Å². The fraction of sp³-hybridized carbons (Fsp3) is 0.278. The van der Waals surface area contributed by atoms with Gasteiger partial charge in [0.25, 0.3) is 5.69 Å². The van der Waals surface area contributed by atoms with Crippen molar-refractivity contribution < 1.29 is 24.0 Å². The van der Waals surface area contributed by atoms with Crippen molar-refractivity contribution in [3.05, 3.63) is 63.2 Å². The molecule has 0 radical (unpaired) electrons. The largest absolute Gasteiger partial charge is 0.494 e. The molecule has 1 aliphatic heterocycles. The summed E-state index contributed by atoms with van der Waals surface area (Å²) in [7, 11) is 0. The minimum absolute atomic E-state index is 0.0352. The zero-order chi connectivity index (χ0) is 18.4. The van der Waals surface area contributed by atoms with Crippen LogP contribution < -0.4 is 9.47 Å². The van der Waals surface area contributed by atoms with E-state index in [9.17, 15) is 10.1 Å². The van der Waals surface area contributed by atoms with Crippen LogP contribution in [0.1, 0.15) is 23.6 Å². The maximum absolute atomic E-state index is 11.1. The summed E-state index contributed by atoms with van der Waals surface area (Å²) in [6, 6.07) is 10.3. The van der Waals surface area contributed by atoms with Crippen molar-refractivity contribution in [3.8, 4) is 11.5 Å². The predicted molar refractivity (Wildman–Crippen MR) is 93.4 cm³/mol. The number of hydrogen-bond acceptors (Lipinski definition) is 7. The normalized spacial score (nSPS) is 13.1. The van der Waals surface area contributed by atoms with Crippen LogP contribution >= 0.6 is 0 Å². The molecule has 2 aromatic carbocycles. The van der Waals surface area contributed by atoms with E-state index in [4.69, 9.17) is 19.0 Å². The lowest BCUT2D eigenvalue weighted by Gasteiger charge is -2.20. The molecule has 0 amide bonds. The number of nitro groups is 1. The van der Waals surface area contributed by atoms with Gasteiger partial charge in [0.2, 0.25) is 0 Å². The molecule has 0 saturated carbocycles. The Morgan fingerprint density at radius 2 is 2.12 bits per heavy atom. The van der Waals surface area contributed by atoms with Crippen LogP contribution in [-0.2, 0) is 22.8 Å². The Morgan fingerprint density at radius 3 is 2.85 bits per heavy atom. The molecule has 8 nitrogen and oxygen atoms in total. The van der Waals surface area contributed by atoms with E-state index in [2.05, 4.69) is 5.16 Å². The molecule has 0 fully saturated rings. The fourth-order valence-electron chi connectivity index (χ4n) is 2.52. The molecule has 0 spiro atoms. The monoisotopic (exact) mass is 358 g/mol. The third kappa shape index (κ3) is 4.28. The maximum atomic E-state index is 11.1. The lowest BCUT2D eigenvalue weighted by Crippen LogP contribution is -2.13. The molecule has 136 valence electrons. The Morgan fingerprint density at radius 1 is 1.31 bits per heavy atom. The van der Waals surface area contributed by atoms with Crippen molar-refractivity contribution in [2.24, 2.45) is 5.16 Å². The summed E-state index contributed by atoms with van der Waals surface area (Å²) < 4.78 is 16.0. The third-order valence-electron chi connectivity index (χ3n) is 3.67. The van der Waals surface area contributed by atoms with Gasteiger partial charge in [0.15, 0.2) is 6.79 Å². The van der Waals surface area contributed by atoms with Gasteiger partial charge in [-0.15, -0.1) is 0 Å². The van der Waals surface area contributed by atoms with E-state index < -0.39 is 4.92 Å². The average molecular weight is 358 g/mol. The zero-order valence-electron chi connectivity index (χ0n) is 14.2. The minimum atomic E-state index is -0.457. The molecule has 1 heterocycles. The molecule has 0 unspecified atom stereocenters. The van der Waals surface area contributed by atoms with Crippen LogP contribution in [0.4, 0.5) is 5.69 Å². The second-order valence-corrected chi connectivity index (χ2v) is 5.47. The zero-order valence-corrected chi connectivity index (χ0v) is 14.2. The Kier molecular flexibility index (Phi) is 5.65. The summed E-state index contributed by atoms with van der Waals surface area (Å²) in [5.41, 5.74) is 1.99. The van der Waals surface area contributed by atoms with E-state index >= 15 is 0 Å². The Bertz CT molecular complexity index is 804. The number of nitrogens with zero attached hydrogens (tertiary/aromatic N) is 2. The molecule has 0 bridgehead atoms. The van der Waals surface area contributed by atoms with E-state index in [1.165, 1.54) is 12.1 Å². The van der Waals surface area contributed by atoms with Crippen molar-refractivity contribution in [1.82, 2.24) is 0 Å². The second kappa shape index (κ2) is 8.30. The van der Waals surface area contributed by atoms with Gasteiger partial charge in [-0.2, -0.15) is 0 Å². The minimum Gasteiger partial charge on any atom is -0.494 e. The fourth-order valence-corrected chi connectivity index (χ4v) is 2.52. The first-order valence-corrected chi connectivity index (χ1v) is 8.06. The number of benzene rings is 2. The third-order valence-corrected chi connectivity index (χ3v) is 3.67. The molecular weight excluding hydrogens is 340 g/mol. The van der Waals surface area contributed by atoms with Gasteiger partial charge in [-0.3, -0.25) is 10.1 Å². The molecule has 2 aromatic rings. The van der Waals surface area contributed by atoms with E-state index in [1.54, 1.807) is 6.21 Å². The Hall–Kier alpha value is -3.13. The summed E-state index contributed by atoms with van der Waals surface area (Å²) in [6.45, 7) is 2.95. The average Bonchev–Trinajstić information content (AvgIpc) is 2.66. The van der Waals surface area contributed by atoms with Crippen molar-refractivity contribution in [1.29, 1.82) is 0 Å². The van der Waals surface area contributed by atoms with Gasteiger partial charge < -0.3 is 19.0 Å². The van der Waals surface area contributed by atoms with Crippen molar-refractivity contribution >= 4 is 11.9 Å². The van der Waals surface area contributed by atoms with Crippen LogP contribution in [0.5, 0.6) is 11.5 Å². The van der Waals surface area contributed by atoms with E-state index in [0.717, 1.165) is 11.3 Å². The van der Waals surface area contributed by atoms with Crippen molar-refractivity contribution in [2.45, 2.75) is 20.1 Å². The van der Waals surface area contributed by atoms with Gasteiger partial charge in [-0.1, -0.05) is 5.16 Å². The van der Waals surface area contributed by atoms with Crippen LogP contribution in [0.25, 0.3) is 0 Å². The molecule has 0 atom stereocenters. The van der Waals surface area contributed by atoms with Gasteiger partial charge in [0, 0.05) is 23.3 Å². The Balaban J connectivity index is 1.67. The molecule has 0 saturated heterocycles. The van der Waals surface area contributed by atoms with Crippen LogP contribution in [-0.4, -0.2) is 24.5 Å². The Labute approximate surface area is 150 Å². The number of rotatable bonds is 7. The first kappa shape index (κ1) is 17.7. The SMILES string of the molecule is CCOc1ccc(/C=N\OCc2cc([N+](=O)[O-])cc3c2OCOC3)cc1. The molecular formula is C18H18N2O6. The number of hydrogen-bond donors (Lipinski definition) is 0. The summed E-state index contributed by atoms with van der Waals surface area (Å²) >= 11 is 0. The topological polar surface area (TPSA) is 92.4 Å². The first-order valence-electron chi connectivity index (χ1n) is 8.06. The molecule has 8 heteroatoms. The highest BCUT2D eigenvalue weighted by Gasteiger charge is 2.21. The molecule has 0 aliphatic carbocycles. The quantitative estimate of drug-likeness (QED) is 0.428. The molecule has 1 aliphatic rings. The van der Waals surface area contributed by atoms with Crippen molar-refractivity contribution in [2.75, 3.05) is 13.4 Å². The molecule has 26 heavy (non-hydrogen) atoms. The van der Waals surface area contributed by atoms with Gasteiger partial charge in [-0.05, 0) is 36.8 Å².